The first-order chi connectivity index (χ1) is 33.1. The van der Waals surface area contributed by atoms with Crippen LogP contribution in [0.4, 0.5) is 5.82 Å². The fourth-order valence-electron chi connectivity index (χ4n) is 13.0. The van der Waals surface area contributed by atoms with Gasteiger partial charge in [0.2, 0.25) is 0 Å². The molecule has 7 aliphatic rings. The van der Waals surface area contributed by atoms with Crippen LogP contribution in [0.15, 0.2) is 36.4 Å². The zero-order valence-corrected chi connectivity index (χ0v) is 41.1. The molecule has 2 saturated carbocycles. The molecular weight excluding hydrogens is 893 g/mol. The molecule has 4 aliphatic heterocycles. The number of aromatic nitrogens is 1. The second-order valence-electron chi connectivity index (χ2n) is 20.2. The first kappa shape index (κ1) is 45.4. The Labute approximate surface area is 407 Å². The lowest BCUT2D eigenvalue weighted by Gasteiger charge is -2.39. The number of hydrogen-bond donors (Lipinski definition) is 5. The number of methoxy groups -OCH3 is 1. The molecule has 11 rings (SSSR count). The number of pyridine rings is 1. The van der Waals surface area contributed by atoms with E-state index >= 15 is 0 Å². The van der Waals surface area contributed by atoms with Crippen LogP contribution in [0, 0.1) is 23.7 Å². The molecule has 11 nitrogen and oxygen atoms in total. The summed E-state index contributed by atoms with van der Waals surface area (Å²) in [5, 5.41) is 31.2. The standard InChI is InChI=1S/C55H62N4O7S2/c1-5-32-20-33-18-30-16-17-55(23-30)24-34-21-36(61)22-45(63-4)47(34)39-13-12-38-42(26-64-29(2)60)51(66-52(38)49(39)55)48-37(10-7-11-43(33)59-54(32)56)41(25-57-3)50(62)53-40(48)14-15-44-46(65-53)28-68-67-27-31-8-6-9-35(19-31)58-44/h12-15,20-22,30-31,35,42,44,46,51,57-58,61-62H,5-6,8-10,16-19,23-28H2,1-4H3,(H2,56,59)/t30-,31+,35-,42+,44+,46+,51+,55-/m1/s1. The Morgan fingerprint density at radius 1 is 1.09 bits per heavy atom. The number of phenolic OH excluding ortho intramolecular Hbond substituents is 2. The second-order valence-corrected chi connectivity index (χ2v) is 22.7. The highest BCUT2D eigenvalue weighted by atomic mass is 33.1. The van der Waals surface area contributed by atoms with Gasteiger partial charge >= 0.3 is 5.97 Å². The summed E-state index contributed by atoms with van der Waals surface area (Å²) in [7, 11) is 7.33. The van der Waals surface area contributed by atoms with E-state index < -0.39 is 12.0 Å². The average molecular weight is 955 g/mol. The molecule has 3 fully saturated rings. The maximum atomic E-state index is 12.8. The Hall–Kier alpha value is -5.00. The number of carbonyl (C=O) groups excluding carboxylic acids is 1. The minimum Gasteiger partial charge on any atom is -0.508 e. The van der Waals surface area contributed by atoms with Gasteiger partial charge in [0.15, 0.2) is 11.5 Å². The number of ether oxygens (including phenoxy) is 4. The number of nitrogens with two attached hydrogens (primary N) is 1. The zero-order valence-electron chi connectivity index (χ0n) is 39.5. The number of carbonyl (C=O) groups is 1. The molecule has 1 spiro atoms. The molecular formula is C55H62N4O7S2. The molecule has 8 atom stereocenters. The third kappa shape index (κ3) is 7.97. The number of anilines is 1. The number of aromatic hydroxyl groups is 2. The lowest BCUT2D eigenvalue weighted by Crippen LogP contribution is -2.49. The van der Waals surface area contributed by atoms with Crippen LogP contribution in [0.5, 0.6) is 28.7 Å². The zero-order chi connectivity index (χ0) is 46.8. The number of esters is 1. The summed E-state index contributed by atoms with van der Waals surface area (Å²) in [6.45, 7) is 3.99. The SMILES string of the molecule is CCc1cc2c(nc1N)C#CCc1c(CNC)c(O)c3c(c1[C@H]1Oc4c(ccc5c4[C@@]4(CC[C@H](C2)C4)Cc2cc(O)cc(OC)c2-5)[C@@H]1COC(C)=O)C=C[C@@H]1N[C@@H]2CCC[C@H](CSSC[C@@H]1O3)C2. The molecule has 1 aromatic heterocycles. The molecule has 356 valence electrons. The first-order valence-electron chi connectivity index (χ1n) is 24.6. The number of hydrogen-bond acceptors (Lipinski definition) is 13. The molecule has 3 aromatic carbocycles. The molecule has 3 aliphatic carbocycles. The summed E-state index contributed by atoms with van der Waals surface area (Å²) >= 11 is 0. The van der Waals surface area contributed by atoms with Crippen molar-refractivity contribution in [3.63, 3.8) is 0 Å². The van der Waals surface area contributed by atoms with Crippen molar-refractivity contribution in [2.24, 2.45) is 11.8 Å². The van der Waals surface area contributed by atoms with Crippen LogP contribution in [-0.2, 0) is 47.2 Å². The number of rotatable bonds is 6. The normalized spacial score (nSPS) is 27.4. The van der Waals surface area contributed by atoms with Crippen LogP contribution in [0.25, 0.3) is 17.2 Å². The van der Waals surface area contributed by atoms with Gasteiger partial charge in [0.05, 0.1) is 19.1 Å². The quantitative estimate of drug-likeness (QED) is 0.0709. The molecule has 4 aromatic rings. The minimum atomic E-state index is -0.657. The van der Waals surface area contributed by atoms with Crippen molar-refractivity contribution in [1.29, 1.82) is 0 Å². The van der Waals surface area contributed by atoms with E-state index in [1.807, 2.05) is 34.7 Å². The van der Waals surface area contributed by atoms with E-state index in [1.54, 1.807) is 13.2 Å². The van der Waals surface area contributed by atoms with Gasteiger partial charge < -0.3 is 45.5 Å². The fourth-order valence-corrected chi connectivity index (χ4v) is 15.6. The van der Waals surface area contributed by atoms with E-state index in [-0.39, 0.29) is 48.1 Å². The number of aryl methyl sites for hydroxylation is 1. The molecule has 6 bridgehead atoms. The monoisotopic (exact) mass is 954 g/mol. The van der Waals surface area contributed by atoms with Crippen molar-refractivity contribution in [1.82, 2.24) is 15.6 Å². The Bertz CT molecular complexity index is 2780. The minimum absolute atomic E-state index is 0.0851. The molecule has 0 unspecified atom stereocenters. The maximum Gasteiger partial charge on any atom is 0.302 e. The van der Waals surface area contributed by atoms with Gasteiger partial charge in [-0.1, -0.05) is 65.1 Å². The molecule has 68 heavy (non-hydrogen) atoms. The van der Waals surface area contributed by atoms with Crippen molar-refractivity contribution in [2.75, 3.05) is 38.0 Å². The first-order valence-corrected chi connectivity index (χ1v) is 27.1. The topological polar surface area (TPSA) is 157 Å². The Balaban J connectivity index is 1.17. The van der Waals surface area contributed by atoms with Gasteiger partial charge in [-0.15, -0.1) is 0 Å². The highest BCUT2D eigenvalue weighted by molar-refractivity contribution is 8.76. The number of nitrogens with one attached hydrogen (secondary N) is 2. The highest BCUT2D eigenvalue weighted by Crippen LogP contribution is 2.63. The average Bonchev–Trinajstić information content (AvgIpc) is 3.84. The predicted molar refractivity (Wildman–Crippen MR) is 270 cm³/mol. The molecule has 6 N–H and O–H groups in total. The van der Waals surface area contributed by atoms with Crippen molar-refractivity contribution in [2.45, 2.75) is 127 Å². The molecule has 0 amide bonds. The number of nitrogens with zero attached hydrogens (tertiary/aromatic N) is 1. The number of benzene rings is 3. The smallest absolute Gasteiger partial charge is 0.302 e. The van der Waals surface area contributed by atoms with Crippen LogP contribution in [0.2, 0.25) is 0 Å². The van der Waals surface area contributed by atoms with E-state index in [0.717, 1.165) is 118 Å². The van der Waals surface area contributed by atoms with Crippen molar-refractivity contribution in [3.8, 4) is 51.7 Å². The number of phenols is 2. The second kappa shape index (κ2) is 18.4. The van der Waals surface area contributed by atoms with Crippen molar-refractivity contribution in [3.05, 3.63) is 92.2 Å². The van der Waals surface area contributed by atoms with Crippen LogP contribution < -0.4 is 30.6 Å². The number of fused-ring (bicyclic) bond motifs is 12. The fraction of sp³-hybridized carbons (Fsp3) is 0.491. The van der Waals surface area contributed by atoms with E-state index in [0.29, 0.717) is 59.4 Å². The largest absolute Gasteiger partial charge is 0.508 e. The third-order valence-electron chi connectivity index (χ3n) is 16.0. The lowest BCUT2D eigenvalue weighted by atomic mass is 9.65. The van der Waals surface area contributed by atoms with Crippen molar-refractivity contribution >= 4 is 39.5 Å². The maximum absolute atomic E-state index is 12.8. The highest BCUT2D eigenvalue weighted by Gasteiger charge is 2.51. The van der Waals surface area contributed by atoms with E-state index in [9.17, 15) is 15.0 Å². The van der Waals surface area contributed by atoms with Crippen LogP contribution >= 0.6 is 21.6 Å². The third-order valence-corrected chi connectivity index (χ3v) is 18.6. The molecule has 5 heterocycles. The predicted octanol–water partition coefficient (Wildman–Crippen LogP) is 9.24. The van der Waals surface area contributed by atoms with Gasteiger partial charge in [-0.3, -0.25) is 4.79 Å². The summed E-state index contributed by atoms with van der Waals surface area (Å²) in [5.74, 6) is 11.8. The van der Waals surface area contributed by atoms with Gasteiger partial charge in [0.1, 0.15) is 47.6 Å². The Morgan fingerprint density at radius 2 is 1.96 bits per heavy atom. The summed E-state index contributed by atoms with van der Waals surface area (Å²) in [6, 6.07) is 10.4. The van der Waals surface area contributed by atoms with E-state index in [2.05, 4.69) is 59.7 Å². The summed E-state index contributed by atoms with van der Waals surface area (Å²) in [4.78, 5) is 17.8. The van der Waals surface area contributed by atoms with Gasteiger partial charge in [0, 0.05) is 82.3 Å². The van der Waals surface area contributed by atoms with Gasteiger partial charge in [-0.2, -0.15) is 0 Å². The summed E-state index contributed by atoms with van der Waals surface area (Å²) in [5.41, 5.74) is 17.4. The molecule has 13 heteroatoms. The van der Waals surface area contributed by atoms with Crippen LogP contribution in [0.3, 0.4) is 0 Å². The van der Waals surface area contributed by atoms with Crippen LogP contribution in [0.1, 0.15) is 127 Å². The lowest BCUT2D eigenvalue weighted by molar-refractivity contribution is -0.141. The van der Waals surface area contributed by atoms with Gasteiger partial charge in [-0.25, -0.2) is 4.98 Å². The van der Waals surface area contributed by atoms with Gasteiger partial charge in [-0.05, 0) is 123 Å². The van der Waals surface area contributed by atoms with Crippen LogP contribution in [-0.4, -0.2) is 71.6 Å². The van der Waals surface area contributed by atoms with E-state index in [4.69, 9.17) is 29.7 Å². The molecule has 1 saturated heterocycles. The Kier molecular flexibility index (Phi) is 12.3. The van der Waals surface area contributed by atoms with Gasteiger partial charge in [0.25, 0.3) is 0 Å². The summed E-state index contributed by atoms with van der Waals surface area (Å²) in [6.07, 6.45) is 13.5. The number of nitrogen functional groups attached to an aromatic ring is 1. The van der Waals surface area contributed by atoms with E-state index in [1.165, 1.54) is 19.8 Å². The van der Waals surface area contributed by atoms with Crippen molar-refractivity contribution < 1.29 is 34.0 Å². The summed E-state index contributed by atoms with van der Waals surface area (Å²) < 4.78 is 27.0. The molecule has 0 radical (unpaired) electrons. The Morgan fingerprint density at radius 3 is 2.78 bits per heavy atom.